The van der Waals surface area contributed by atoms with Gasteiger partial charge in [0.15, 0.2) is 5.65 Å². The first-order chi connectivity index (χ1) is 15.5. The minimum absolute atomic E-state index is 0.172. The van der Waals surface area contributed by atoms with Crippen LogP contribution in [-0.2, 0) is 4.74 Å². The van der Waals surface area contributed by atoms with Crippen LogP contribution in [0.15, 0.2) is 41.7 Å². The summed E-state index contributed by atoms with van der Waals surface area (Å²) < 4.78 is 12.6. The zero-order valence-electron chi connectivity index (χ0n) is 18.3. The van der Waals surface area contributed by atoms with Gasteiger partial charge in [0.05, 0.1) is 18.4 Å². The smallest absolute Gasteiger partial charge is 0.415 e. The number of carbonyl (C=O) groups is 1. The first-order valence-corrected chi connectivity index (χ1v) is 10.5. The lowest BCUT2D eigenvalue weighted by Crippen LogP contribution is -2.27. The zero-order chi connectivity index (χ0) is 22.7. The van der Waals surface area contributed by atoms with Crippen LogP contribution in [0, 0.1) is 4.91 Å². The Kier molecular flexibility index (Phi) is 6.31. The Morgan fingerprint density at radius 2 is 2.16 bits per heavy atom. The van der Waals surface area contributed by atoms with E-state index >= 15 is 0 Å². The van der Waals surface area contributed by atoms with Crippen molar-refractivity contribution in [3.05, 3.63) is 47.0 Å². The number of hydrogen-bond donors (Lipinski definition) is 1. The molecule has 168 valence electrons. The second kappa shape index (κ2) is 9.31. The molecule has 3 aromatic rings. The number of hydrogen-bond acceptors (Lipinski definition) is 8. The number of aromatic nitrogens is 3. The quantitative estimate of drug-likeness (QED) is 0.511. The van der Waals surface area contributed by atoms with Crippen LogP contribution in [0.1, 0.15) is 25.3 Å². The predicted octanol–water partition coefficient (Wildman–Crippen LogP) is 3.21. The lowest BCUT2D eigenvalue weighted by molar-refractivity contribution is 0.181. The summed E-state index contributed by atoms with van der Waals surface area (Å²) in [5.74, 6) is 1.42. The van der Waals surface area contributed by atoms with E-state index < -0.39 is 12.1 Å². The maximum absolute atomic E-state index is 12.3. The van der Waals surface area contributed by atoms with Crippen LogP contribution in [0.3, 0.4) is 0 Å². The number of ether oxygens (including phenoxy) is 2. The summed E-state index contributed by atoms with van der Waals surface area (Å²) in [6.07, 6.45) is 1.38. The average Bonchev–Trinajstić information content (AvgIpc) is 3.42. The first kappa shape index (κ1) is 21.7. The number of cyclic esters (lactones) is 1. The lowest BCUT2D eigenvalue weighted by Gasteiger charge is -2.16. The Hall–Kier alpha value is -3.53. The van der Waals surface area contributed by atoms with E-state index in [-0.39, 0.29) is 12.5 Å². The molecule has 1 N–H and O–H groups in total. The Morgan fingerprint density at radius 3 is 2.84 bits per heavy atom. The fourth-order valence-corrected chi connectivity index (χ4v) is 3.61. The molecule has 0 bridgehead atoms. The Labute approximate surface area is 185 Å². The number of carbonyl (C=O) groups excluding carboxylic acids is 1. The van der Waals surface area contributed by atoms with E-state index in [0.29, 0.717) is 42.6 Å². The molecule has 1 aromatic carbocycles. The van der Waals surface area contributed by atoms with Gasteiger partial charge < -0.3 is 14.8 Å². The van der Waals surface area contributed by atoms with E-state index in [1.54, 1.807) is 22.7 Å². The molecule has 10 heteroatoms. The fraction of sp³-hybridized carbons (Fsp3) is 0.409. The highest BCUT2D eigenvalue weighted by Gasteiger charge is 2.28. The molecule has 1 aliphatic rings. The highest BCUT2D eigenvalue weighted by atomic mass is 16.6. The molecular weight excluding hydrogens is 412 g/mol. The van der Waals surface area contributed by atoms with Crippen molar-refractivity contribution in [1.82, 2.24) is 19.9 Å². The van der Waals surface area contributed by atoms with E-state index in [0.717, 1.165) is 11.1 Å². The summed E-state index contributed by atoms with van der Waals surface area (Å²) >= 11 is 0. The predicted molar refractivity (Wildman–Crippen MR) is 120 cm³/mol. The lowest BCUT2D eigenvalue weighted by atomic mass is 10.1. The third-order valence-corrected chi connectivity index (χ3v) is 5.30. The van der Waals surface area contributed by atoms with Crippen LogP contribution in [0.2, 0.25) is 0 Å². The summed E-state index contributed by atoms with van der Waals surface area (Å²) in [5, 5.41) is 10.5. The molecule has 4 rings (SSSR count). The summed E-state index contributed by atoms with van der Waals surface area (Å²) in [4.78, 5) is 29.6. The number of nitrogens with one attached hydrogen (secondary N) is 1. The fourth-order valence-electron chi connectivity index (χ4n) is 3.61. The number of likely N-dealkylation sites (N-methyl/N-ethyl adjacent to an activating group) is 1. The van der Waals surface area contributed by atoms with Gasteiger partial charge in [0.2, 0.25) is 0 Å². The molecule has 0 spiro atoms. The number of nitroso groups, excluding NO2 is 1. The normalized spacial score (nSPS) is 14.8. The highest BCUT2D eigenvalue weighted by Crippen LogP contribution is 2.31. The van der Waals surface area contributed by atoms with E-state index in [1.807, 2.05) is 30.3 Å². The molecule has 0 unspecified atom stereocenters. The minimum atomic E-state index is -0.480. The van der Waals surface area contributed by atoms with Gasteiger partial charge in [-0.1, -0.05) is 31.2 Å². The van der Waals surface area contributed by atoms with Gasteiger partial charge in [-0.3, -0.25) is 4.90 Å². The number of amides is 1. The standard InChI is InChI=1S/C22H26N6O4/c1-14(2)18-12-24-28-20(27-7-8-31-22(27)29)10-19(25-21(18)28)15-5-4-6-17(9-15)32-13-16(26-30)11-23-3/h4-6,9-10,12,14,16,23H,7-8,11,13H2,1-3H3/t16-/m0/s1. The molecule has 2 aromatic heterocycles. The van der Waals surface area contributed by atoms with Crippen LogP contribution in [0.4, 0.5) is 10.6 Å². The molecule has 0 radical (unpaired) electrons. The zero-order valence-corrected chi connectivity index (χ0v) is 18.3. The largest absolute Gasteiger partial charge is 0.491 e. The Morgan fingerprint density at radius 1 is 1.31 bits per heavy atom. The number of benzene rings is 1. The molecule has 0 saturated carbocycles. The molecule has 1 atom stereocenters. The number of anilines is 1. The summed E-state index contributed by atoms with van der Waals surface area (Å²) in [7, 11) is 1.76. The SMILES string of the molecule is CNC[C@@H](COc1cccc(-c2cc(N3CCOC3=O)n3ncc(C(C)C)c3n2)c1)N=O. The van der Waals surface area contributed by atoms with Gasteiger partial charge in [0.25, 0.3) is 0 Å². The van der Waals surface area contributed by atoms with Crippen molar-refractivity contribution in [2.75, 3.05) is 38.3 Å². The molecule has 1 amide bonds. The van der Waals surface area contributed by atoms with Gasteiger partial charge in [-0.2, -0.15) is 14.5 Å². The van der Waals surface area contributed by atoms with Crippen molar-refractivity contribution >= 4 is 17.6 Å². The second-order valence-corrected chi connectivity index (χ2v) is 7.91. The van der Waals surface area contributed by atoms with E-state index in [2.05, 4.69) is 29.4 Å². The number of rotatable bonds is 9. The van der Waals surface area contributed by atoms with Crippen LogP contribution >= 0.6 is 0 Å². The third-order valence-electron chi connectivity index (χ3n) is 5.30. The molecule has 0 aliphatic carbocycles. The van der Waals surface area contributed by atoms with Gasteiger partial charge in [-0.25, -0.2) is 9.78 Å². The van der Waals surface area contributed by atoms with Crippen molar-refractivity contribution in [3.63, 3.8) is 0 Å². The third kappa shape index (κ3) is 4.26. The van der Waals surface area contributed by atoms with E-state index in [4.69, 9.17) is 14.5 Å². The molecular formula is C22H26N6O4. The van der Waals surface area contributed by atoms with Crippen molar-refractivity contribution < 1.29 is 14.3 Å². The molecule has 1 aliphatic heterocycles. The van der Waals surface area contributed by atoms with Crippen LogP contribution in [0.25, 0.3) is 16.9 Å². The maximum Gasteiger partial charge on any atom is 0.415 e. The summed E-state index contributed by atoms with van der Waals surface area (Å²) in [5.41, 5.74) is 3.18. The van der Waals surface area contributed by atoms with Crippen molar-refractivity contribution in [2.45, 2.75) is 25.8 Å². The van der Waals surface area contributed by atoms with Gasteiger partial charge in [0, 0.05) is 23.7 Å². The maximum atomic E-state index is 12.3. The highest BCUT2D eigenvalue weighted by molar-refractivity contribution is 5.89. The number of fused-ring (bicyclic) bond motifs is 1. The van der Waals surface area contributed by atoms with Crippen LogP contribution < -0.4 is 15.0 Å². The summed E-state index contributed by atoms with van der Waals surface area (Å²) in [6, 6.07) is 8.81. The molecule has 1 fully saturated rings. The van der Waals surface area contributed by atoms with Gasteiger partial charge in [-0.15, -0.1) is 0 Å². The average molecular weight is 438 g/mol. The monoisotopic (exact) mass is 438 g/mol. The molecule has 1 saturated heterocycles. The summed E-state index contributed by atoms with van der Waals surface area (Å²) in [6.45, 7) is 5.54. The first-order valence-electron chi connectivity index (χ1n) is 10.5. The molecule has 32 heavy (non-hydrogen) atoms. The van der Waals surface area contributed by atoms with Crippen molar-refractivity contribution in [1.29, 1.82) is 0 Å². The molecule has 3 heterocycles. The van der Waals surface area contributed by atoms with Crippen LogP contribution in [0.5, 0.6) is 5.75 Å². The Bertz CT molecular complexity index is 1130. The van der Waals surface area contributed by atoms with Crippen molar-refractivity contribution in [2.24, 2.45) is 5.18 Å². The van der Waals surface area contributed by atoms with Gasteiger partial charge >= 0.3 is 6.09 Å². The molecule has 10 nitrogen and oxygen atoms in total. The van der Waals surface area contributed by atoms with E-state index in [1.165, 1.54) is 0 Å². The topological polar surface area (TPSA) is 110 Å². The van der Waals surface area contributed by atoms with Crippen molar-refractivity contribution in [3.8, 4) is 17.0 Å². The van der Waals surface area contributed by atoms with E-state index in [9.17, 15) is 9.70 Å². The van der Waals surface area contributed by atoms with Gasteiger partial charge in [-0.05, 0) is 25.1 Å². The van der Waals surface area contributed by atoms with Gasteiger partial charge in [0.1, 0.15) is 30.8 Å². The number of nitrogens with zero attached hydrogens (tertiary/aromatic N) is 5. The minimum Gasteiger partial charge on any atom is -0.491 e. The van der Waals surface area contributed by atoms with Crippen LogP contribution in [-0.4, -0.2) is 60.1 Å². The Balaban J connectivity index is 1.73. The second-order valence-electron chi connectivity index (χ2n) is 7.91.